The number of hydroxylamine groups is 1. The average molecular weight is 200 g/mol. The first-order valence-corrected chi connectivity index (χ1v) is 4.33. The number of hydrogen-bond acceptors (Lipinski definition) is 4. The molecule has 14 heavy (non-hydrogen) atoms. The molecule has 0 radical (unpaired) electrons. The normalized spacial score (nSPS) is 12.0. The van der Waals surface area contributed by atoms with E-state index in [1.165, 1.54) is 0 Å². The Balaban J connectivity index is 3.74. The summed E-state index contributed by atoms with van der Waals surface area (Å²) in [6.07, 6.45) is 1.52. The van der Waals surface area contributed by atoms with E-state index in [2.05, 4.69) is 11.8 Å². The molecule has 0 saturated carbocycles. The molecular formula is C9H16N2O3. The Bertz CT molecular complexity index is 230. The molecule has 1 atom stereocenters. The predicted octanol–water partition coefficient (Wildman–Crippen LogP) is -0.236. The molecule has 0 unspecified atom stereocenters. The van der Waals surface area contributed by atoms with Gasteiger partial charge in [-0.05, 0) is 27.1 Å². The van der Waals surface area contributed by atoms with E-state index in [9.17, 15) is 4.79 Å². The van der Waals surface area contributed by atoms with Gasteiger partial charge in [-0.1, -0.05) is 5.92 Å². The van der Waals surface area contributed by atoms with Crippen molar-refractivity contribution >= 4 is 5.97 Å². The Morgan fingerprint density at radius 1 is 1.57 bits per heavy atom. The van der Waals surface area contributed by atoms with E-state index in [1.54, 1.807) is 5.48 Å². The summed E-state index contributed by atoms with van der Waals surface area (Å²) in [6, 6.07) is -1.19. The lowest BCUT2D eigenvalue weighted by molar-refractivity contribution is -0.140. The minimum Gasteiger partial charge on any atom is -0.479 e. The van der Waals surface area contributed by atoms with Crippen LogP contribution in [0.1, 0.15) is 12.8 Å². The average Bonchev–Trinajstić information content (AvgIpc) is 2.10. The van der Waals surface area contributed by atoms with Crippen LogP contribution in [0.25, 0.3) is 0 Å². The van der Waals surface area contributed by atoms with Gasteiger partial charge in [0.15, 0.2) is 6.04 Å². The largest absolute Gasteiger partial charge is 0.479 e. The van der Waals surface area contributed by atoms with Gasteiger partial charge in [-0.3, -0.25) is 0 Å². The lowest BCUT2D eigenvalue weighted by Gasteiger charge is -2.06. The van der Waals surface area contributed by atoms with Crippen LogP contribution in [0.4, 0.5) is 0 Å². The lowest BCUT2D eigenvalue weighted by Crippen LogP contribution is -2.32. The maximum Gasteiger partial charge on any atom is 0.335 e. The Morgan fingerprint density at radius 3 is 2.64 bits per heavy atom. The van der Waals surface area contributed by atoms with Gasteiger partial charge in [0, 0.05) is 6.42 Å². The topological polar surface area (TPSA) is 72.8 Å². The molecule has 0 bridgehead atoms. The molecule has 80 valence electrons. The number of carboxylic acid groups (broad SMARTS) is 1. The first-order chi connectivity index (χ1) is 6.57. The summed E-state index contributed by atoms with van der Waals surface area (Å²) in [5.74, 6) is 3.93. The Hall–Kier alpha value is -1.09. The van der Waals surface area contributed by atoms with Gasteiger partial charge in [0.1, 0.15) is 0 Å². The van der Waals surface area contributed by atoms with Gasteiger partial charge in [-0.15, -0.1) is 5.92 Å². The second-order valence-electron chi connectivity index (χ2n) is 3.13. The molecule has 0 spiro atoms. The van der Waals surface area contributed by atoms with Gasteiger partial charge in [0.2, 0.25) is 0 Å². The molecule has 0 saturated heterocycles. The SMILES string of the molecule is CN(C)CCCC#C[C@H](NO)C(=O)O. The molecule has 0 aromatic rings. The molecule has 5 heteroatoms. The minimum absolute atomic E-state index is 0.629. The van der Waals surface area contributed by atoms with E-state index in [-0.39, 0.29) is 0 Å². The molecule has 0 aromatic carbocycles. The lowest BCUT2D eigenvalue weighted by atomic mass is 10.2. The quantitative estimate of drug-likeness (QED) is 0.324. The first kappa shape index (κ1) is 12.9. The number of unbranched alkanes of at least 4 members (excludes halogenated alkanes) is 1. The van der Waals surface area contributed by atoms with Crippen LogP contribution in [0.5, 0.6) is 0 Å². The number of nitrogens with zero attached hydrogens (tertiary/aromatic N) is 1. The maximum absolute atomic E-state index is 10.4. The fourth-order valence-corrected chi connectivity index (χ4v) is 0.807. The van der Waals surface area contributed by atoms with Gasteiger partial charge >= 0.3 is 5.97 Å². The van der Waals surface area contributed by atoms with Crippen LogP contribution in [0.2, 0.25) is 0 Å². The minimum atomic E-state index is -1.19. The Kier molecular flexibility index (Phi) is 6.76. The highest BCUT2D eigenvalue weighted by molar-refractivity contribution is 5.77. The fourth-order valence-electron chi connectivity index (χ4n) is 0.807. The third kappa shape index (κ3) is 6.43. The van der Waals surface area contributed by atoms with Crippen molar-refractivity contribution in [2.45, 2.75) is 18.9 Å². The van der Waals surface area contributed by atoms with Crippen molar-refractivity contribution in [2.75, 3.05) is 20.6 Å². The van der Waals surface area contributed by atoms with Crippen molar-refractivity contribution in [3.8, 4) is 11.8 Å². The third-order valence-corrected chi connectivity index (χ3v) is 1.53. The van der Waals surface area contributed by atoms with Gasteiger partial charge in [-0.2, -0.15) is 5.48 Å². The number of hydrogen-bond donors (Lipinski definition) is 3. The molecule has 0 rings (SSSR count). The summed E-state index contributed by atoms with van der Waals surface area (Å²) in [5.41, 5.74) is 1.62. The van der Waals surface area contributed by atoms with E-state index in [4.69, 9.17) is 10.3 Å². The van der Waals surface area contributed by atoms with Crippen LogP contribution >= 0.6 is 0 Å². The summed E-state index contributed by atoms with van der Waals surface area (Å²) in [5, 5.41) is 16.9. The summed E-state index contributed by atoms with van der Waals surface area (Å²) in [7, 11) is 3.92. The highest BCUT2D eigenvalue weighted by atomic mass is 16.5. The van der Waals surface area contributed by atoms with Gasteiger partial charge in [0.05, 0.1) is 0 Å². The van der Waals surface area contributed by atoms with E-state index < -0.39 is 12.0 Å². The van der Waals surface area contributed by atoms with E-state index >= 15 is 0 Å². The van der Waals surface area contributed by atoms with E-state index in [0.29, 0.717) is 6.42 Å². The number of carboxylic acids is 1. The third-order valence-electron chi connectivity index (χ3n) is 1.53. The molecule has 0 fully saturated rings. The number of carbonyl (C=O) groups is 1. The van der Waals surface area contributed by atoms with Crippen LogP contribution in [-0.2, 0) is 4.79 Å². The van der Waals surface area contributed by atoms with Crippen LogP contribution < -0.4 is 5.48 Å². The second-order valence-corrected chi connectivity index (χ2v) is 3.13. The highest BCUT2D eigenvalue weighted by Crippen LogP contribution is 1.89. The van der Waals surface area contributed by atoms with Crippen molar-refractivity contribution < 1.29 is 15.1 Å². The first-order valence-electron chi connectivity index (χ1n) is 4.33. The van der Waals surface area contributed by atoms with Crippen LogP contribution in [0.3, 0.4) is 0 Å². The van der Waals surface area contributed by atoms with Gasteiger partial charge < -0.3 is 15.2 Å². The van der Waals surface area contributed by atoms with Gasteiger partial charge in [-0.25, -0.2) is 4.79 Å². The molecular weight excluding hydrogens is 184 g/mol. The highest BCUT2D eigenvalue weighted by Gasteiger charge is 2.10. The summed E-state index contributed by atoms with van der Waals surface area (Å²) in [4.78, 5) is 12.4. The predicted molar refractivity (Wildman–Crippen MR) is 51.9 cm³/mol. The number of nitrogens with one attached hydrogen (secondary N) is 1. The number of aliphatic carboxylic acids is 1. The molecule has 3 N–H and O–H groups in total. The van der Waals surface area contributed by atoms with Crippen molar-refractivity contribution in [1.82, 2.24) is 10.4 Å². The maximum atomic E-state index is 10.4. The van der Waals surface area contributed by atoms with E-state index in [1.807, 2.05) is 19.0 Å². The smallest absolute Gasteiger partial charge is 0.335 e. The Labute approximate surface area is 83.7 Å². The molecule has 0 aromatic heterocycles. The van der Waals surface area contributed by atoms with Crippen molar-refractivity contribution in [2.24, 2.45) is 0 Å². The molecule has 0 heterocycles. The number of rotatable bonds is 5. The fraction of sp³-hybridized carbons (Fsp3) is 0.667. The van der Waals surface area contributed by atoms with Crippen LogP contribution in [0, 0.1) is 11.8 Å². The van der Waals surface area contributed by atoms with Crippen molar-refractivity contribution in [3.63, 3.8) is 0 Å². The summed E-state index contributed by atoms with van der Waals surface area (Å²) < 4.78 is 0. The van der Waals surface area contributed by atoms with Crippen molar-refractivity contribution in [1.29, 1.82) is 0 Å². The second kappa shape index (κ2) is 7.33. The molecule has 0 aliphatic rings. The Morgan fingerprint density at radius 2 is 2.21 bits per heavy atom. The monoisotopic (exact) mass is 200 g/mol. The zero-order valence-electron chi connectivity index (χ0n) is 8.45. The standard InChI is InChI=1S/C9H16N2O3/c1-11(2)7-5-3-4-6-8(10-14)9(12)13/h8,10,14H,3,5,7H2,1-2H3,(H,12,13)/t8-/m0/s1. The zero-order valence-corrected chi connectivity index (χ0v) is 8.45. The van der Waals surface area contributed by atoms with Crippen LogP contribution in [-0.4, -0.2) is 47.9 Å². The van der Waals surface area contributed by atoms with E-state index in [0.717, 1.165) is 13.0 Å². The van der Waals surface area contributed by atoms with Gasteiger partial charge in [0.25, 0.3) is 0 Å². The van der Waals surface area contributed by atoms with Crippen molar-refractivity contribution in [3.05, 3.63) is 0 Å². The zero-order chi connectivity index (χ0) is 11.0. The molecule has 5 nitrogen and oxygen atoms in total. The summed E-state index contributed by atoms with van der Waals surface area (Å²) >= 11 is 0. The molecule has 0 amide bonds. The molecule has 0 aliphatic carbocycles. The van der Waals surface area contributed by atoms with Crippen LogP contribution in [0.15, 0.2) is 0 Å². The summed E-state index contributed by atoms with van der Waals surface area (Å²) in [6.45, 7) is 0.916. The molecule has 0 aliphatic heterocycles.